The van der Waals surface area contributed by atoms with E-state index in [9.17, 15) is 15.2 Å². The average molecular weight is 480 g/mol. The molecule has 7 heteroatoms. The summed E-state index contributed by atoms with van der Waals surface area (Å²) in [6.45, 7) is 10.6. The van der Waals surface area contributed by atoms with Crippen LogP contribution < -0.4 is 15.4 Å². The Hall–Kier alpha value is -2.71. The summed E-state index contributed by atoms with van der Waals surface area (Å²) >= 11 is 0. The van der Waals surface area contributed by atoms with Crippen LogP contribution in [0.4, 0.5) is 5.69 Å². The Morgan fingerprint density at radius 2 is 1.80 bits per heavy atom. The lowest BCUT2D eigenvalue weighted by atomic mass is 9.35. The summed E-state index contributed by atoms with van der Waals surface area (Å²) in [6, 6.07) is 7.26. The Morgan fingerprint density at radius 3 is 2.43 bits per heavy atom. The second-order valence-corrected chi connectivity index (χ2v) is 10.7. The van der Waals surface area contributed by atoms with Gasteiger partial charge in [-0.05, 0) is 45.6 Å². The smallest absolute Gasteiger partial charge is 0.291 e. The van der Waals surface area contributed by atoms with Gasteiger partial charge in [-0.2, -0.15) is 5.23 Å². The highest BCUT2D eigenvalue weighted by Crippen LogP contribution is 2.76. The molecule has 3 aliphatic rings. The molecule has 0 amide bonds. The number of ether oxygens (including phenoxy) is 2. The minimum absolute atomic E-state index is 0.0841. The van der Waals surface area contributed by atoms with Crippen molar-refractivity contribution in [3.63, 3.8) is 0 Å². The van der Waals surface area contributed by atoms with Crippen LogP contribution in [0.3, 0.4) is 0 Å². The van der Waals surface area contributed by atoms with Crippen molar-refractivity contribution in [2.75, 3.05) is 13.7 Å². The van der Waals surface area contributed by atoms with Crippen LogP contribution in [0.25, 0.3) is 0 Å². The van der Waals surface area contributed by atoms with Gasteiger partial charge in [-0.1, -0.05) is 42.4 Å². The first kappa shape index (κ1) is 24.0. The maximum absolute atomic E-state index is 12.9. The van der Waals surface area contributed by atoms with Crippen LogP contribution in [0.15, 0.2) is 56.8 Å². The molecule has 1 aromatic heterocycles. The highest BCUT2D eigenvalue weighted by Gasteiger charge is 2.71. The standard InChI is InChI=1S/C28H33NO6/c1-15-11-16(2)24-27(5,12-15)25(19-7-9-20(10-8-19)29(31)32)28(24)13-21(34-14-28)23-17(3)22(30)18(4)26(33-6)35-23/h7-12,21,24-25,29,31H,13-14H2,1-6H3/t21-,24-,25+,27+,28+/m1/s1. The maximum atomic E-state index is 12.9. The molecule has 2 fully saturated rings. The number of hydrogen-bond acceptors (Lipinski definition) is 6. The molecule has 186 valence electrons. The highest BCUT2D eigenvalue weighted by atomic mass is 16.8. The number of methoxy groups -OCH3 is 1. The minimum Gasteiger partial charge on any atom is -0.595 e. The Labute approximate surface area is 205 Å². The van der Waals surface area contributed by atoms with E-state index in [0.717, 1.165) is 5.56 Å². The monoisotopic (exact) mass is 479 g/mol. The SMILES string of the molecule is COc1oc([C@H]2C[C@]3(CO2)[C@@H]2C(C)=CC(C)=C[C@]2(C)[C@@H]3c2ccc([NH+]([O-])O)cc2)c(C)c(=O)c1C. The second kappa shape index (κ2) is 8.17. The zero-order chi connectivity index (χ0) is 25.3. The molecule has 1 unspecified atom stereocenters. The molecule has 2 aromatic rings. The quantitative estimate of drug-likeness (QED) is 0.630. The van der Waals surface area contributed by atoms with Gasteiger partial charge in [0.1, 0.15) is 11.9 Å². The van der Waals surface area contributed by atoms with Crippen LogP contribution in [0.5, 0.6) is 5.95 Å². The predicted molar refractivity (Wildman–Crippen MR) is 131 cm³/mol. The van der Waals surface area contributed by atoms with Crippen molar-refractivity contribution in [1.29, 1.82) is 0 Å². The normalized spacial score (nSPS) is 32.5. The zero-order valence-electron chi connectivity index (χ0n) is 21.1. The van der Waals surface area contributed by atoms with Gasteiger partial charge >= 0.3 is 0 Å². The molecule has 1 saturated heterocycles. The molecule has 6 atom stereocenters. The largest absolute Gasteiger partial charge is 0.595 e. The number of hydrogen-bond donors (Lipinski definition) is 2. The second-order valence-electron chi connectivity index (χ2n) is 10.7. The van der Waals surface area contributed by atoms with Crippen LogP contribution in [0.1, 0.15) is 61.7 Å². The lowest BCUT2D eigenvalue weighted by molar-refractivity contribution is -0.991. The van der Waals surface area contributed by atoms with E-state index < -0.39 is 5.23 Å². The summed E-state index contributed by atoms with van der Waals surface area (Å²) in [5, 5.41) is 19.9. The summed E-state index contributed by atoms with van der Waals surface area (Å²) in [7, 11) is 1.50. The molecule has 1 aromatic carbocycles. The first-order chi connectivity index (χ1) is 16.5. The average Bonchev–Trinajstić information content (AvgIpc) is 3.23. The molecule has 1 saturated carbocycles. The van der Waals surface area contributed by atoms with Gasteiger partial charge in [-0.25, -0.2) is 5.21 Å². The number of allylic oxidation sites excluding steroid dienone is 4. The third-order valence-electron chi connectivity index (χ3n) is 8.49. The van der Waals surface area contributed by atoms with Crippen LogP contribution >= 0.6 is 0 Å². The maximum Gasteiger partial charge on any atom is 0.291 e. The number of rotatable bonds is 4. The van der Waals surface area contributed by atoms with Gasteiger partial charge in [-0.15, -0.1) is 0 Å². The number of benzene rings is 1. The third kappa shape index (κ3) is 3.37. The number of nitrogens with one attached hydrogen (secondary N) is 1. The molecule has 0 bridgehead atoms. The third-order valence-corrected chi connectivity index (χ3v) is 8.49. The van der Waals surface area contributed by atoms with Crippen molar-refractivity contribution in [3.8, 4) is 5.95 Å². The topological polar surface area (TPSA) is 96.4 Å². The van der Waals surface area contributed by atoms with Crippen LogP contribution in [0, 0.1) is 35.8 Å². The van der Waals surface area contributed by atoms with Gasteiger partial charge in [0, 0.05) is 34.4 Å². The van der Waals surface area contributed by atoms with Gasteiger partial charge in [0.05, 0.1) is 19.3 Å². The Kier molecular flexibility index (Phi) is 5.60. The summed E-state index contributed by atoms with van der Waals surface area (Å²) in [5.41, 5.74) is 4.56. The van der Waals surface area contributed by atoms with Crippen molar-refractivity contribution in [2.45, 2.75) is 53.1 Å². The van der Waals surface area contributed by atoms with Crippen molar-refractivity contribution >= 4 is 5.69 Å². The van der Waals surface area contributed by atoms with Crippen molar-refractivity contribution in [1.82, 2.24) is 0 Å². The molecular weight excluding hydrogens is 446 g/mol. The number of fused-ring (bicyclic) bond motifs is 2. The van der Waals surface area contributed by atoms with Gasteiger partial charge < -0.3 is 19.1 Å². The molecule has 0 radical (unpaired) electrons. The molecular formula is C28H33NO6. The molecule has 35 heavy (non-hydrogen) atoms. The van der Waals surface area contributed by atoms with Gasteiger partial charge in [0.2, 0.25) is 0 Å². The van der Waals surface area contributed by atoms with Crippen LogP contribution in [0.2, 0.25) is 0 Å². The summed E-state index contributed by atoms with van der Waals surface area (Å²) < 4.78 is 17.8. The van der Waals surface area contributed by atoms with Crippen molar-refractivity contribution in [3.05, 3.63) is 85.4 Å². The lowest BCUT2D eigenvalue weighted by Gasteiger charge is -2.67. The van der Waals surface area contributed by atoms with Crippen molar-refractivity contribution < 1.29 is 24.3 Å². The van der Waals surface area contributed by atoms with E-state index >= 15 is 0 Å². The predicted octanol–water partition coefficient (Wildman–Crippen LogP) is 4.44. The summed E-state index contributed by atoms with van der Waals surface area (Å²) in [4.78, 5) is 12.9. The molecule has 5 rings (SSSR count). The van der Waals surface area contributed by atoms with E-state index in [1.54, 1.807) is 26.0 Å². The molecule has 1 spiro atoms. The molecule has 2 aliphatic carbocycles. The minimum atomic E-state index is -0.931. The lowest BCUT2D eigenvalue weighted by Crippen LogP contribution is -2.99. The zero-order valence-corrected chi connectivity index (χ0v) is 21.1. The molecule has 2 N–H and O–H groups in total. The fourth-order valence-corrected chi connectivity index (χ4v) is 7.60. The van der Waals surface area contributed by atoms with E-state index in [1.165, 1.54) is 18.3 Å². The van der Waals surface area contributed by atoms with E-state index in [-0.39, 0.29) is 45.8 Å². The van der Waals surface area contributed by atoms with Crippen molar-refractivity contribution in [2.24, 2.45) is 16.7 Å². The first-order valence-corrected chi connectivity index (χ1v) is 12.0. The van der Waals surface area contributed by atoms with Crippen LogP contribution in [-0.4, -0.2) is 18.9 Å². The highest BCUT2D eigenvalue weighted by molar-refractivity contribution is 5.48. The van der Waals surface area contributed by atoms with Crippen LogP contribution in [-0.2, 0) is 4.74 Å². The van der Waals surface area contributed by atoms with Gasteiger partial charge in [0.25, 0.3) is 5.95 Å². The fourth-order valence-electron chi connectivity index (χ4n) is 7.60. The summed E-state index contributed by atoms with van der Waals surface area (Å²) in [6.07, 6.45) is 4.96. The summed E-state index contributed by atoms with van der Waals surface area (Å²) in [5.74, 6) is 1.16. The first-order valence-electron chi connectivity index (χ1n) is 12.0. The fraction of sp³-hybridized carbons (Fsp3) is 0.464. The molecule has 1 aliphatic heterocycles. The van der Waals surface area contributed by atoms with E-state index in [2.05, 4.69) is 32.9 Å². The Balaban J connectivity index is 1.59. The van der Waals surface area contributed by atoms with Gasteiger partial charge in [0.15, 0.2) is 11.1 Å². The van der Waals surface area contributed by atoms with E-state index in [4.69, 9.17) is 13.9 Å². The molecule has 7 nitrogen and oxygen atoms in total. The Morgan fingerprint density at radius 1 is 1.11 bits per heavy atom. The van der Waals surface area contributed by atoms with E-state index in [1.807, 2.05) is 12.1 Å². The number of quaternary nitrogens is 1. The van der Waals surface area contributed by atoms with E-state index in [0.29, 0.717) is 29.9 Å². The Bertz CT molecular complexity index is 1290. The van der Waals surface area contributed by atoms with Gasteiger partial charge in [-0.3, -0.25) is 4.79 Å². The molecule has 2 heterocycles.